The zero-order chi connectivity index (χ0) is 10.7. The quantitative estimate of drug-likeness (QED) is 0.519. The topological polar surface area (TPSA) is 44.8 Å². The number of carbonyl (C=O) groups excluding carboxylic acids is 1. The molecule has 1 saturated heterocycles. The molecule has 1 aliphatic carbocycles. The normalized spacial score (nSPS) is 35.7. The lowest BCUT2D eigenvalue weighted by atomic mass is 9.77. The molecule has 1 saturated carbocycles. The van der Waals surface area contributed by atoms with Gasteiger partial charge in [-0.3, -0.25) is 4.79 Å². The van der Waals surface area contributed by atoms with Gasteiger partial charge in [0.2, 0.25) is 0 Å². The molecule has 86 valence electrons. The van der Waals surface area contributed by atoms with Gasteiger partial charge in [-0.1, -0.05) is 0 Å². The van der Waals surface area contributed by atoms with Crippen molar-refractivity contribution in [1.82, 2.24) is 0 Å². The van der Waals surface area contributed by atoms with E-state index in [1.807, 2.05) is 6.92 Å². The van der Waals surface area contributed by atoms with Crippen molar-refractivity contribution in [2.24, 2.45) is 5.92 Å². The number of hydrogen-bond donors (Lipinski definition) is 0. The second-order valence-electron chi connectivity index (χ2n) is 4.36. The lowest BCUT2D eigenvalue weighted by molar-refractivity contribution is -0.315. The third-order valence-electron chi connectivity index (χ3n) is 3.39. The van der Waals surface area contributed by atoms with E-state index in [9.17, 15) is 4.79 Å². The predicted octanol–water partition coefficient (Wildman–Crippen LogP) is 1.83. The summed E-state index contributed by atoms with van der Waals surface area (Å²) in [5, 5.41) is 0. The summed E-state index contributed by atoms with van der Waals surface area (Å²) in [6.07, 6.45) is 4.51. The van der Waals surface area contributed by atoms with Crippen LogP contribution in [-0.2, 0) is 19.3 Å². The first-order chi connectivity index (χ1) is 7.26. The molecule has 0 aromatic rings. The van der Waals surface area contributed by atoms with Gasteiger partial charge in [-0.05, 0) is 32.6 Å². The molecule has 2 rings (SSSR count). The van der Waals surface area contributed by atoms with Gasteiger partial charge in [0.05, 0.1) is 19.1 Å². The zero-order valence-corrected chi connectivity index (χ0v) is 9.16. The summed E-state index contributed by atoms with van der Waals surface area (Å²) in [5.74, 6) is 0.0195. The average Bonchev–Trinajstić information content (AvgIpc) is 2.68. The van der Waals surface area contributed by atoms with E-state index in [1.165, 1.54) is 0 Å². The zero-order valence-electron chi connectivity index (χ0n) is 9.16. The summed E-state index contributed by atoms with van der Waals surface area (Å²) in [7, 11) is 0. The van der Waals surface area contributed by atoms with Crippen LogP contribution in [0.25, 0.3) is 0 Å². The van der Waals surface area contributed by atoms with Gasteiger partial charge in [0, 0.05) is 6.42 Å². The van der Waals surface area contributed by atoms with Crippen molar-refractivity contribution in [2.45, 2.75) is 44.6 Å². The van der Waals surface area contributed by atoms with Crippen molar-refractivity contribution in [1.29, 1.82) is 0 Å². The standard InChI is InChI=1S/C11H18O4/c1-2-13-10(12)9-3-5-11(6-4-9)7-8-14-15-11/h9H,2-8H2,1H3. The molecule has 1 aliphatic heterocycles. The summed E-state index contributed by atoms with van der Waals surface area (Å²) < 4.78 is 5.02. The minimum atomic E-state index is -0.0943. The summed E-state index contributed by atoms with van der Waals surface area (Å²) in [5.41, 5.74) is -0.0943. The van der Waals surface area contributed by atoms with Gasteiger partial charge >= 0.3 is 5.97 Å². The number of ether oxygens (including phenoxy) is 1. The van der Waals surface area contributed by atoms with Crippen LogP contribution in [0.5, 0.6) is 0 Å². The smallest absolute Gasteiger partial charge is 0.308 e. The van der Waals surface area contributed by atoms with Gasteiger partial charge in [-0.15, -0.1) is 0 Å². The number of carbonyl (C=O) groups is 1. The van der Waals surface area contributed by atoms with Crippen LogP contribution >= 0.6 is 0 Å². The van der Waals surface area contributed by atoms with Crippen molar-refractivity contribution < 1.29 is 19.3 Å². The molecule has 0 bridgehead atoms. The molecule has 4 nitrogen and oxygen atoms in total. The third-order valence-corrected chi connectivity index (χ3v) is 3.39. The Kier molecular flexibility index (Phi) is 3.26. The first kappa shape index (κ1) is 10.9. The minimum absolute atomic E-state index is 0.0498. The Labute approximate surface area is 89.8 Å². The molecular weight excluding hydrogens is 196 g/mol. The van der Waals surface area contributed by atoms with Crippen LogP contribution in [0.4, 0.5) is 0 Å². The van der Waals surface area contributed by atoms with Gasteiger partial charge in [-0.25, -0.2) is 9.78 Å². The van der Waals surface area contributed by atoms with Gasteiger partial charge in [0.25, 0.3) is 0 Å². The molecule has 1 spiro atoms. The Hall–Kier alpha value is -0.610. The SMILES string of the molecule is CCOC(=O)C1CCC2(CCOO2)CC1. The Bertz CT molecular complexity index is 223. The second kappa shape index (κ2) is 4.49. The molecule has 0 unspecified atom stereocenters. The van der Waals surface area contributed by atoms with Crippen LogP contribution in [0.1, 0.15) is 39.0 Å². The Balaban J connectivity index is 1.83. The highest BCUT2D eigenvalue weighted by Crippen LogP contribution is 2.40. The van der Waals surface area contributed by atoms with E-state index < -0.39 is 0 Å². The van der Waals surface area contributed by atoms with Gasteiger partial charge < -0.3 is 4.74 Å². The highest BCUT2D eigenvalue weighted by molar-refractivity contribution is 5.72. The summed E-state index contributed by atoms with van der Waals surface area (Å²) >= 11 is 0. The Morgan fingerprint density at radius 3 is 2.67 bits per heavy atom. The monoisotopic (exact) mass is 214 g/mol. The Morgan fingerprint density at radius 1 is 1.40 bits per heavy atom. The Morgan fingerprint density at radius 2 is 2.13 bits per heavy atom. The highest BCUT2D eigenvalue weighted by atomic mass is 17.2. The molecule has 15 heavy (non-hydrogen) atoms. The maximum atomic E-state index is 11.5. The molecule has 1 heterocycles. The molecule has 4 heteroatoms. The summed E-state index contributed by atoms with van der Waals surface area (Å²) in [4.78, 5) is 21.8. The van der Waals surface area contributed by atoms with Crippen molar-refractivity contribution in [3.63, 3.8) is 0 Å². The van der Waals surface area contributed by atoms with E-state index >= 15 is 0 Å². The van der Waals surface area contributed by atoms with E-state index in [1.54, 1.807) is 0 Å². The fourth-order valence-electron chi connectivity index (χ4n) is 2.41. The van der Waals surface area contributed by atoms with Crippen LogP contribution in [0.3, 0.4) is 0 Å². The molecule has 0 aromatic heterocycles. The first-order valence-corrected chi connectivity index (χ1v) is 5.73. The number of hydrogen-bond acceptors (Lipinski definition) is 4. The first-order valence-electron chi connectivity index (χ1n) is 5.73. The molecule has 0 radical (unpaired) electrons. The number of rotatable bonds is 2. The maximum Gasteiger partial charge on any atom is 0.308 e. The van der Waals surface area contributed by atoms with Gasteiger partial charge in [0.15, 0.2) is 0 Å². The van der Waals surface area contributed by atoms with Gasteiger partial charge in [-0.2, -0.15) is 0 Å². The molecule has 0 N–H and O–H groups in total. The van der Waals surface area contributed by atoms with E-state index in [0.29, 0.717) is 13.2 Å². The van der Waals surface area contributed by atoms with Crippen LogP contribution in [0.2, 0.25) is 0 Å². The molecule has 2 fully saturated rings. The van der Waals surface area contributed by atoms with E-state index in [4.69, 9.17) is 14.5 Å². The van der Waals surface area contributed by atoms with E-state index in [0.717, 1.165) is 32.1 Å². The lowest BCUT2D eigenvalue weighted by Gasteiger charge is -2.33. The lowest BCUT2D eigenvalue weighted by Crippen LogP contribution is -2.35. The molecule has 2 aliphatic rings. The van der Waals surface area contributed by atoms with Crippen molar-refractivity contribution >= 4 is 5.97 Å². The highest BCUT2D eigenvalue weighted by Gasteiger charge is 2.42. The van der Waals surface area contributed by atoms with Crippen molar-refractivity contribution in [2.75, 3.05) is 13.2 Å². The fourth-order valence-corrected chi connectivity index (χ4v) is 2.41. The summed E-state index contributed by atoms with van der Waals surface area (Å²) in [6, 6.07) is 0. The van der Waals surface area contributed by atoms with E-state index in [2.05, 4.69) is 0 Å². The molecular formula is C11H18O4. The second-order valence-corrected chi connectivity index (χ2v) is 4.36. The maximum absolute atomic E-state index is 11.5. The average molecular weight is 214 g/mol. The fraction of sp³-hybridized carbons (Fsp3) is 0.909. The third kappa shape index (κ3) is 2.32. The van der Waals surface area contributed by atoms with Gasteiger partial charge in [0.1, 0.15) is 5.60 Å². The van der Waals surface area contributed by atoms with Crippen LogP contribution in [0, 0.1) is 5.92 Å². The largest absolute Gasteiger partial charge is 0.466 e. The molecule has 0 aromatic carbocycles. The molecule has 0 amide bonds. The minimum Gasteiger partial charge on any atom is -0.466 e. The predicted molar refractivity (Wildman–Crippen MR) is 53.0 cm³/mol. The van der Waals surface area contributed by atoms with Crippen LogP contribution in [-0.4, -0.2) is 24.8 Å². The number of esters is 1. The van der Waals surface area contributed by atoms with Crippen molar-refractivity contribution in [3.05, 3.63) is 0 Å². The van der Waals surface area contributed by atoms with Crippen LogP contribution < -0.4 is 0 Å². The molecule has 0 atom stereocenters. The summed E-state index contributed by atoms with van der Waals surface area (Å²) in [6.45, 7) is 3.00. The van der Waals surface area contributed by atoms with E-state index in [-0.39, 0.29) is 17.5 Å². The van der Waals surface area contributed by atoms with Crippen molar-refractivity contribution in [3.8, 4) is 0 Å². The van der Waals surface area contributed by atoms with Crippen LogP contribution in [0.15, 0.2) is 0 Å².